The fourth-order valence-corrected chi connectivity index (χ4v) is 3.36. The molecule has 0 radical (unpaired) electrons. The third-order valence-corrected chi connectivity index (χ3v) is 4.87. The van der Waals surface area contributed by atoms with Gasteiger partial charge >= 0.3 is 5.97 Å². The van der Waals surface area contributed by atoms with Gasteiger partial charge in [0.05, 0.1) is 17.6 Å². The molecule has 2 aliphatic heterocycles. The number of likely N-dealkylation sites (tertiary alicyclic amines) is 1. The number of carboxylic acids is 1. The predicted octanol–water partition coefficient (Wildman–Crippen LogP) is 3.02. The van der Waals surface area contributed by atoms with Crippen LogP contribution < -0.4 is 4.74 Å². The van der Waals surface area contributed by atoms with Crippen LogP contribution in [0.4, 0.5) is 0 Å². The van der Waals surface area contributed by atoms with E-state index in [-0.39, 0.29) is 5.92 Å². The van der Waals surface area contributed by atoms with Crippen LogP contribution in [0.3, 0.4) is 0 Å². The molecule has 0 unspecified atom stereocenters. The Morgan fingerprint density at radius 3 is 2.62 bits per heavy atom. The second-order valence-electron chi connectivity index (χ2n) is 6.76. The Hall–Kier alpha value is -3.10. The Labute approximate surface area is 151 Å². The fraction of sp³-hybridized carbons (Fsp3) is 0.238. The standard InChI is InChI=1S/C21H18N2O3/c22-9-14-1-3-16(4-2-14)17-5-6-18-7-15(13-26-20(18)8-17)10-23-11-19(12-23)21(24)25/h1-8,19H,10-13H2,(H,24,25). The number of carbonyl (C=O) groups is 1. The van der Waals surface area contributed by atoms with Crippen LogP contribution in [0.15, 0.2) is 48.0 Å². The quantitative estimate of drug-likeness (QED) is 0.921. The minimum Gasteiger partial charge on any atom is -0.489 e. The van der Waals surface area contributed by atoms with Gasteiger partial charge in [-0.05, 0) is 41.0 Å². The van der Waals surface area contributed by atoms with Crippen molar-refractivity contribution in [3.05, 3.63) is 59.2 Å². The molecule has 1 saturated heterocycles. The molecule has 1 N–H and O–H groups in total. The lowest BCUT2D eigenvalue weighted by atomic mass is 9.97. The maximum absolute atomic E-state index is 10.9. The molecule has 5 nitrogen and oxygen atoms in total. The first-order chi connectivity index (χ1) is 12.6. The van der Waals surface area contributed by atoms with Crippen molar-refractivity contribution in [2.75, 3.05) is 26.2 Å². The van der Waals surface area contributed by atoms with Gasteiger partial charge in [0.15, 0.2) is 0 Å². The average molecular weight is 346 g/mol. The number of ether oxygens (including phenoxy) is 1. The molecular weight excluding hydrogens is 328 g/mol. The van der Waals surface area contributed by atoms with E-state index in [1.807, 2.05) is 42.5 Å². The molecule has 2 aromatic rings. The van der Waals surface area contributed by atoms with Crippen molar-refractivity contribution >= 4 is 12.0 Å². The zero-order chi connectivity index (χ0) is 18.1. The summed E-state index contributed by atoms with van der Waals surface area (Å²) >= 11 is 0. The third kappa shape index (κ3) is 3.19. The largest absolute Gasteiger partial charge is 0.489 e. The Balaban J connectivity index is 1.47. The summed E-state index contributed by atoms with van der Waals surface area (Å²) in [5.41, 5.74) is 4.95. The number of carboxylic acid groups (broad SMARTS) is 1. The Morgan fingerprint density at radius 2 is 1.92 bits per heavy atom. The number of nitriles is 1. The van der Waals surface area contributed by atoms with Crippen molar-refractivity contribution in [2.24, 2.45) is 5.92 Å². The van der Waals surface area contributed by atoms with Crippen LogP contribution >= 0.6 is 0 Å². The Kier molecular flexibility index (Phi) is 4.19. The first kappa shape index (κ1) is 16.4. The van der Waals surface area contributed by atoms with Gasteiger partial charge in [-0.1, -0.05) is 24.3 Å². The number of hydrogen-bond acceptors (Lipinski definition) is 4. The van der Waals surface area contributed by atoms with Gasteiger partial charge in [-0.3, -0.25) is 9.69 Å². The molecular formula is C21H18N2O3. The molecule has 26 heavy (non-hydrogen) atoms. The highest BCUT2D eigenvalue weighted by molar-refractivity contribution is 5.73. The normalized spacial score (nSPS) is 16.7. The van der Waals surface area contributed by atoms with E-state index in [0.29, 0.717) is 25.3 Å². The van der Waals surface area contributed by atoms with E-state index in [4.69, 9.17) is 15.1 Å². The summed E-state index contributed by atoms with van der Waals surface area (Å²) in [6, 6.07) is 15.7. The highest BCUT2D eigenvalue weighted by Crippen LogP contribution is 2.32. The highest BCUT2D eigenvalue weighted by atomic mass is 16.5. The summed E-state index contributed by atoms with van der Waals surface area (Å²) in [7, 11) is 0. The molecule has 0 atom stereocenters. The number of fused-ring (bicyclic) bond motifs is 1. The molecule has 4 rings (SSSR count). The van der Waals surface area contributed by atoms with Gasteiger partial charge in [0, 0.05) is 25.2 Å². The van der Waals surface area contributed by atoms with Gasteiger partial charge < -0.3 is 9.84 Å². The van der Waals surface area contributed by atoms with E-state index in [1.165, 1.54) is 0 Å². The zero-order valence-electron chi connectivity index (χ0n) is 14.2. The minimum atomic E-state index is -0.712. The van der Waals surface area contributed by atoms with E-state index < -0.39 is 5.97 Å². The molecule has 2 heterocycles. The summed E-state index contributed by atoms with van der Waals surface area (Å²) < 4.78 is 5.92. The van der Waals surface area contributed by atoms with E-state index >= 15 is 0 Å². The van der Waals surface area contributed by atoms with Crippen LogP contribution in [0.5, 0.6) is 5.75 Å². The maximum Gasteiger partial charge on any atom is 0.309 e. The molecule has 0 aliphatic carbocycles. The lowest BCUT2D eigenvalue weighted by Gasteiger charge is -2.37. The highest BCUT2D eigenvalue weighted by Gasteiger charge is 2.32. The maximum atomic E-state index is 10.9. The van der Waals surface area contributed by atoms with Crippen LogP contribution in [0.2, 0.25) is 0 Å². The van der Waals surface area contributed by atoms with Crippen molar-refractivity contribution in [3.8, 4) is 22.9 Å². The molecule has 0 amide bonds. The topological polar surface area (TPSA) is 73.6 Å². The van der Waals surface area contributed by atoms with E-state index in [0.717, 1.165) is 34.6 Å². The molecule has 0 aromatic heterocycles. The second-order valence-corrected chi connectivity index (χ2v) is 6.76. The van der Waals surface area contributed by atoms with Crippen LogP contribution in [0, 0.1) is 17.2 Å². The van der Waals surface area contributed by atoms with Crippen molar-refractivity contribution < 1.29 is 14.6 Å². The Bertz CT molecular complexity index is 919. The van der Waals surface area contributed by atoms with Crippen LogP contribution in [-0.4, -0.2) is 42.2 Å². The fourth-order valence-electron chi connectivity index (χ4n) is 3.36. The second kappa shape index (κ2) is 6.66. The molecule has 130 valence electrons. The van der Waals surface area contributed by atoms with E-state index in [2.05, 4.69) is 17.0 Å². The summed E-state index contributed by atoms with van der Waals surface area (Å²) in [5, 5.41) is 17.9. The lowest BCUT2D eigenvalue weighted by Crippen LogP contribution is -2.51. The van der Waals surface area contributed by atoms with E-state index in [9.17, 15) is 4.79 Å². The average Bonchev–Trinajstić information content (AvgIpc) is 2.63. The molecule has 5 heteroatoms. The van der Waals surface area contributed by atoms with Gasteiger partial charge in [0.2, 0.25) is 0 Å². The van der Waals surface area contributed by atoms with E-state index in [1.54, 1.807) is 0 Å². The van der Waals surface area contributed by atoms with Gasteiger partial charge in [0.1, 0.15) is 12.4 Å². The molecule has 0 saturated carbocycles. The number of rotatable bonds is 4. The monoisotopic (exact) mass is 346 g/mol. The van der Waals surface area contributed by atoms with Crippen molar-refractivity contribution in [1.82, 2.24) is 4.90 Å². The van der Waals surface area contributed by atoms with Crippen LogP contribution in [0.25, 0.3) is 17.2 Å². The summed E-state index contributed by atoms with van der Waals surface area (Å²) in [6.07, 6.45) is 2.13. The van der Waals surface area contributed by atoms with Gasteiger partial charge in [-0.2, -0.15) is 5.26 Å². The Morgan fingerprint density at radius 1 is 1.19 bits per heavy atom. The zero-order valence-corrected chi connectivity index (χ0v) is 14.2. The third-order valence-electron chi connectivity index (χ3n) is 4.87. The predicted molar refractivity (Wildman–Crippen MR) is 97.6 cm³/mol. The summed E-state index contributed by atoms with van der Waals surface area (Å²) in [5.74, 6) is -0.0965. The number of benzene rings is 2. The van der Waals surface area contributed by atoms with Crippen molar-refractivity contribution in [1.29, 1.82) is 5.26 Å². The van der Waals surface area contributed by atoms with Gasteiger partial charge in [-0.15, -0.1) is 0 Å². The van der Waals surface area contributed by atoms with Crippen LogP contribution in [0.1, 0.15) is 11.1 Å². The lowest BCUT2D eigenvalue weighted by molar-refractivity contribution is -0.147. The SMILES string of the molecule is N#Cc1ccc(-c2ccc3c(c2)OCC(CN2CC(C(=O)O)C2)=C3)cc1. The molecule has 0 spiro atoms. The number of hydrogen-bond donors (Lipinski definition) is 1. The summed E-state index contributed by atoms with van der Waals surface area (Å²) in [6.45, 7) is 2.49. The molecule has 0 bridgehead atoms. The smallest absolute Gasteiger partial charge is 0.309 e. The molecule has 2 aliphatic rings. The van der Waals surface area contributed by atoms with Gasteiger partial charge in [-0.25, -0.2) is 0 Å². The molecule has 1 fully saturated rings. The van der Waals surface area contributed by atoms with Crippen molar-refractivity contribution in [2.45, 2.75) is 0 Å². The number of nitrogens with zero attached hydrogens (tertiary/aromatic N) is 2. The van der Waals surface area contributed by atoms with Crippen LogP contribution in [-0.2, 0) is 4.79 Å². The first-order valence-electron chi connectivity index (χ1n) is 8.54. The minimum absolute atomic E-state index is 0.234. The summed E-state index contributed by atoms with van der Waals surface area (Å²) in [4.78, 5) is 13.0. The number of aliphatic carboxylic acids is 1. The first-order valence-corrected chi connectivity index (χ1v) is 8.54. The van der Waals surface area contributed by atoms with Crippen molar-refractivity contribution in [3.63, 3.8) is 0 Å². The molecule has 2 aromatic carbocycles. The van der Waals surface area contributed by atoms with Gasteiger partial charge in [0.25, 0.3) is 0 Å².